The van der Waals surface area contributed by atoms with Gasteiger partial charge in [0.05, 0.1) is 0 Å². The Labute approximate surface area is 108 Å². The highest BCUT2D eigenvalue weighted by atomic mass is 16.4. The van der Waals surface area contributed by atoms with Gasteiger partial charge in [0.2, 0.25) is 0 Å². The summed E-state index contributed by atoms with van der Waals surface area (Å²) in [4.78, 5) is 2.23. The molecule has 1 atom stereocenters. The topological polar surface area (TPSA) is 61.8 Å². The number of rotatable bonds is 4. The van der Waals surface area contributed by atoms with Crippen LogP contribution in [-0.4, -0.2) is 24.1 Å². The molecular formula is C14H21N3O. The molecule has 0 spiro atoms. The quantitative estimate of drug-likeness (QED) is 0.371. The average Bonchev–Trinajstić information content (AvgIpc) is 3.20. The number of amidine groups is 1. The van der Waals surface area contributed by atoms with Crippen LogP contribution < -0.4 is 10.6 Å². The number of oxime groups is 1. The summed E-state index contributed by atoms with van der Waals surface area (Å²) in [7, 11) is 2.07. The van der Waals surface area contributed by atoms with Crippen LogP contribution in [0.4, 0.5) is 5.69 Å². The number of benzene rings is 1. The van der Waals surface area contributed by atoms with E-state index in [0.717, 1.165) is 22.7 Å². The summed E-state index contributed by atoms with van der Waals surface area (Å²) in [6.07, 6.45) is 2.60. The monoisotopic (exact) mass is 247 g/mol. The van der Waals surface area contributed by atoms with Gasteiger partial charge in [-0.2, -0.15) is 0 Å². The second-order valence-electron chi connectivity index (χ2n) is 5.19. The van der Waals surface area contributed by atoms with E-state index < -0.39 is 0 Å². The maximum atomic E-state index is 8.89. The minimum Gasteiger partial charge on any atom is -0.409 e. The van der Waals surface area contributed by atoms with Crippen molar-refractivity contribution in [1.29, 1.82) is 0 Å². The van der Waals surface area contributed by atoms with Crippen molar-refractivity contribution in [3.05, 3.63) is 29.3 Å². The molecule has 0 amide bonds. The molecule has 0 saturated heterocycles. The number of aryl methyl sites for hydroxylation is 1. The Kier molecular flexibility index (Phi) is 3.45. The lowest BCUT2D eigenvalue weighted by molar-refractivity contribution is 0.318. The highest BCUT2D eigenvalue weighted by Gasteiger charge is 2.31. The van der Waals surface area contributed by atoms with Gasteiger partial charge in [0.25, 0.3) is 0 Å². The third-order valence-corrected chi connectivity index (χ3v) is 3.83. The fraction of sp³-hybridized carbons (Fsp3) is 0.500. The van der Waals surface area contributed by atoms with Crippen molar-refractivity contribution >= 4 is 11.5 Å². The van der Waals surface area contributed by atoms with Crippen molar-refractivity contribution in [3.8, 4) is 0 Å². The molecule has 1 aliphatic carbocycles. The molecule has 1 aliphatic rings. The number of anilines is 1. The zero-order valence-electron chi connectivity index (χ0n) is 11.2. The summed E-state index contributed by atoms with van der Waals surface area (Å²) in [6.45, 7) is 4.23. The van der Waals surface area contributed by atoms with Gasteiger partial charge in [0, 0.05) is 24.3 Å². The first kappa shape index (κ1) is 12.7. The van der Waals surface area contributed by atoms with Gasteiger partial charge in [0.15, 0.2) is 5.84 Å². The van der Waals surface area contributed by atoms with Gasteiger partial charge in [-0.1, -0.05) is 16.8 Å². The molecule has 0 aromatic heterocycles. The van der Waals surface area contributed by atoms with Crippen LogP contribution in [0.2, 0.25) is 0 Å². The summed E-state index contributed by atoms with van der Waals surface area (Å²) in [6, 6.07) is 6.54. The maximum absolute atomic E-state index is 8.89. The third-order valence-electron chi connectivity index (χ3n) is 3.83. The molecule has 0 bridgehead atoms. The number of nitrogens with two attached hydrogens (primary N) is 1. The van der Waals surface area contributed by atoms with Crippen LogP contribution >= 0.6 is 0 Å². The smallest absolute Gasteiger partial charge is 0.172 e. The van der Waals surface area contributed by atoms with E-state index in [4.69, 9.17) is 10.9 Å². The summed E-state index contributed by atoms with van der Waals surface area (Å²) in [5.74, 6) is 0.944. The molecule has 3 N–H and O–H groups in total. The largest absolute Gasteiger partial charge is 0.409 e. The Morgan fingerprint density at radius 1 is 1.50 bits per heavy atom. The van der Waals surface area contributed by atoms with Crippen molar-refractivity contribution in [2.24, 2.45) is 16.8 Å². The maximum Gasteiger partial charge on any atom is 0.172 e. The second kappa shape index (κ2) is 4.88. The van der Waals surface area contributed by atoms with Crippen molar-refractivity contribution in [1.82, 2.24) is 0 Å². The summed E-state index contributed by atoms with van der Waals surface area (Å²) < 4.78 is 0. The average molecular weight is 247 g/mol. The molecule has 2 rings (SSSR count). The number of nitrogens with zero attached hydrogens (tertiary/aromatic N) is 2. The summed E-state index contributed by atoms with van der Waals surface area (Å²) >= 11 is 0. The van der Waals surface area contributed by atoms with E-state index in [0.29, 0.717) is 6.04 Å². The summed E-state index contributed by atoms with van der Waals surface area (Å²) in [5, 5.41) is 12.0. The molecule has 0 heterocycles. The Morgan fingerprint density at radius 3 is 2.72 bits per heavy atom. The highest BCUT2D eigenvalue weighted by Crippen LogP contribution is 2.37. The molecule has 4 heteroatoms. The summed E-state index contributed by atoms with van der Waals surface area (Å²) in [5.41, 5.74) is 8.69. The fourth-order valence-corrected chi connectivity index (χ4v) is 2.33. The van der Waals surface area contributed by atoms with E-state index >= 15 is 0 Å². The molecule has 0 radical (unpaired) electrons. The molecule has 0 aliphatic heterocycles. The zero-order chi connectivity index (χ0) is 13.3. The van der Waals surface area contributed by atoms with Gasteiger partial charge >= 0.3 is 0 Å². The normalized spacial score (nSPS) is 17.6. The van der Waals surface area contributed by atoms with Crippen LogP contribution in [0.25, 0.3) is 0 Å². The molecule has 1 aromatic rings. The lowest BCUT2D eigenvalue weighted by Gasteiger charge is -2.29. The molecule has 4 nitrogen and oxygen atoms in total. The highest BCUT2D eigenvalue weighted by molar-refractivity contribution is 6.02. The molecule has 98 valence electrons. The molecule has 1 fully saturated rings. The lowest BCUT2D eigenvalue weighted by atomic mass is 10.1. The van der Waals surface area contributed by atoms with E-state index in [1.54, 1.807) is 0 Å². The SMILES string of the molecule is Cc1ccc(N(C)C(C)C2CC2)c(/C(N)=N/O)c1. The standard InChI is InChI=1S/C14H21N3O/c1-9-4-7-13(12(8-9)14(15)16-18)17(3)10(2)11-5-6-11/h4,7-8,10-11,18H,5-6H2,1-3H3,(H2,15,16). The van der Waals surface area contributed by atoms with E-state index in [1.807, 2.05) is 19.1 Å². The first-order valence-electron chi connectivity index (χ1n) is 6.36. The van der Waals surface area contributed by atoms with Crippen LogP contribution in [0.3, 0.4) is 0 Å². The molecule has 1 unspecified atom stereocenters. The predicted molar refractivity (Wildman–Crippen MR) is 74.3 cm³/mol. The van der Waals surface area contributed by atoms with Gasteiger partial charge in [-0.3, -0.25) is 0 Å². The van der Waals surface area contributed by atoms with Gasteiger partial charge in [0.1, 0.15) is 0 Å². The van der Waals surface area contributed by atoms with E-state index in [9.17, 15) is 0 Å². The minimum atomic E-state index is 0.170. The van der Waals surface area contributed by atoms with Crippen molar-refractivity contribution in [2.75, 3.05) is 11.9 Å². The van der Waals surface area contributed by atoms with Crippen LogP contribution in [0.1, 0.15) is 30.9 Å². The van der Waals surface area contributed by atoms with Gasteiger partial charge in [-0.25, -0.2) is 0 Å². The molecular weight excluding hydrogens is 226 g/mol. The molecule has 1 saturated carbocycles. The number of hydrogen-bond acceptors (Lipinski definition) is 3. The minimum absolute atomic E-state index is 0.170. The van der Waals surface area contributed by atoms with Crippen LogP contribution in [0, 0.1) is 12.8 Å². The van der Waals surface area contributed by atoms with Crippen molar-refractivity contribution in [2.45, 2.75) is 32.7 Å². The van der Waals surface area contributed by atoms with E-state index in [1.165, 1.54) is 12.8 Å². The predicted octanol–water partition coefficient (Wildman–Crippen LogP) is 2.32. The first-order valence-corrected chi connectivity index (χ1v) is 6.36. The second-order valence-corrected chi connectivity index (χ2v) is 5.19. The van der Waals surface area contributed by atoms with E-state index in [-0.39, 0.29) is 5.84 Å². The van der Waals surface area contributed by atoms with E-state index in [2.05, 4.69) is 30.1 Å². The van der Waals surface area contributed by atoms with Crippen LogP contribution in [0.5, 0.6) is 0 Å². The third kappa shape index (κ3) is 2.42. The Bertz CT molecular complexity index is 466. The van der Waals surface area contributed by atoms with Gasteiger partial charge in [-0.15, -0.1) is 0 Å². The molecule has 1 aromatic carbocycles. The van der Waals surface area contributed by atoms with Crippen molar-refractivity contribution < 1.29 is 5.21 Å². The fourth-order valence-electron chi connectivity index (χ4n) is 2.33. The first-order chi connectivity index (χ1) is 8.54. The van der Waals surface area contributed by atoms with Crippen LogP contribution in [-0.2, 0) is 0 Å². The van der Waals surface area contributed by atoms with Crippen LogP contribution in [0.15, 0.2) is 23.4 Å². The zero-order valence-corrected chi connectivity index (χ0v) is 11.2. The van der Waals surface area contributed by atoms with Crippen molar-refractivity contribution in [3.63, 3.8) is 0 Å². The number of hydrogen-bond donors (Lipinski definition) is 2. The van der Waals surface area contributed by atoms with Gasteiger partial charge in [-0.05, 0) is 44.7 Å². The molecule has 18 heavy (non-hydrogen) atoms. The van der Waals surface area contributed by atoms with Gasteiger partial charge < -0.3 is 15.8 Å². The lowest BCUT2D eigenvalue weighted by Crippen LogP contribution is -2.32. The Hall–Kier alpha value is -1.71. The Balaban J connectivity index is 2.36. The Morgan fingerprint density at radius 2 is 2.17 bits per heavy atom.